The van der Waals surface area contributed by atoms with Crippen LogP contribution >= 0.6 is 21.0 Å². The van der Waals surface area contributed by atoms with Gasteiger partial charge in [-0.2, -0.15) is 0 Å². The molecule has 6 N–H and O–H groups in total. The monoisotopic (exact) mass is 604 g/mol. The van der Waals surface area contributed by atoms with Crippen LogP contribution in [0.3, 0.4) is 0 Å². The fourth-order valence-corrected chi connectivity index (χ4v) is 4.06. The lowest BCUT2D eigenvalue weighted by Crippen LogP contribution is -2.49. The molecule has 13 heteroatoms. The number of nitrogens with zero attached hydrogens (tertiary/aromatic N) is 1. The summed E-state index contributed by atoms with van der Waals surface area (Å²) < 4.78 is 32.1. The molecule has 2 rings (SSSR count). The van der Waals surface area contributed by atoms with E-state index in [1.165, 1.54) is 38.4 Å². The van der Waals surface area contributed by atoms with Gasteiger partial charge in [-0.05, 0) is 26.3 Å². The van der Waals surface area contributed by atoms with Gasteiger partial charge in [-0.15, -0.1) is 0 Å². The molecule has 2 amide bonds. The van der Waals surface area contributed by atoms with E-state index in [0.717, 1.165) is 12.0 Å². The number of allylic oxidation sites excluding steroid dienone is 4. The van der Waals surface area contributed by atoms with Crippen LogP contribution in [0.1, 0.15) is 54.9 Å². The number of thioether (sulfide) groups is 1. The predicted octanol–water partition coefficient (Wildman–Crippen LogP) is 4.70. The van der Waals surface area contributed by atoms with Crippen LogP contribution in [0, 0.1) is 0 Å². The number of halogens is 2. The maximum atomic E-state index is 13.2. The van der Waals surface area contributed by atoms with Crippen molar-refractivity contribution in [1.82, 2.24) is 26.2 Å². The van der Waals surface area contributed by atoms with Gasteiger partial charge in [0.2, 0.25) is 0 Å². The Bertz CT molecular complexity index is 980. The fraction of sp³-hybridized carbons (Fsp3) is 0.556. The van der Waals surface area contributed by atoms with Crippen molar-refractivity contribution in [1.29, 1.82) is 0 Å². The molecule has 0 bridgehead atoms. The SMILES string of the molecule is CC.CC.CC/C(C)=C/C=C(\C=C(/C)NCC(F)(F)P)C1NC(C(=O)N/C(=C/NC)C(N)N2CCSC2=O)=CO1. The Labute approximate surface area is 244 Å². The zero-order valence-electron chi connectivity index (χ0n) is 24.9. The highest BCUT2D eigenvalue weighted by Crippen LogP contribution is 2.23. The summed E-state index contributed by atoms with van der Waals surface area (Å²) in [5.74, 6) is 0.127. The van der Waals surface area contributed by atoms with Crippen molar-refractivity contribution < 1.29 is 23.1 Å². The van der Waals surface area contributed by atoms with Gasteiger partial charge >= 0.3 is 0 Å². The molecule has 0 aliphatic carbocycles. The summed E-state index contributed by atoms with van der Waals surface area (Å²) in [5.41, 5.74) is 6.00. The molecule has 0 aromatic carbocycles. The lowest BCUT2D eigenvalue weighted by molar-refractivity contribution is -0.117. The highest BCUT2D eigenvalue weighted by atomic mass is 32.2. The number of alkyl halides is 2. The summed E-state index contributed by atoms with van der Waals surface area (Å²) in [6, 6.07) is 0. The zero-order chi connectivity index (χ0) is 30.9. The van der Waals surface area contributed by atoms with Gasteiger partial charge in [0.25, 0.3) is 16.8 Å². The van der Waals surface area contributed by atoms with E-state index < -0.39 is 30.5 Å². The van der Waals surface area contributed by atoms with E-state index in [1.807, 2.05) is 53.7 Å². The average molecular weight is 605 g/mol. The maximum Gasteiger partial charge on any atom is 0.283 e. The molecule has 1 saturated heterocycles. The first kappa shape index (κ1) is 37.4. The number of rotatable bonds is 12. The molecule has 0 radical (unpaired) electrons. The number of hydrogen-bond donors (Lipinski definition) is 5. The van der Waals surface area contributed by atoms with Crippen LogP contribution in [-0.4, -0.2) is 60.0 Å². The van der Waals surface area contributed by atoms with Crippen LogP contribution in [-0.2, 0) is 9.53 Å². The molecule has 0 spiro atoms. The molecule has 3 unspecified atom stereocenters. The third-order valence-electron chi connectivity index (χ3n) is 5.26. The number of carbonyl (C=O) groups is 2. The van der Waals surface area contributed by atoms with E-state index in [4.69, 9.17) is 10.5 Å². The van der Waals surface area contributed by atoms with Crippen LogP contribution in [0.2, 0.25) is 0 Å². The molecular formula is C27H47F2N6O3PS. The van der Waals surface area contributed by atoms with Crippen LogP contribution in [0.15, 0.2) is 58.9 Å². The normalized spacial score (nSPS) is 18.8. The van der Waals surface area contributed by atoms with Crippen LogP contribution in [0.25, 0.3) is 0 Å². The van der Waals surface area contributed by atoms with Crippen molar-refractivity contribution in [2.45, 2.75) is 72.9 Å². The largest absolute Gasteiger partial charge is 0.472 e. The first-order chi connectivity index (χ1) is 18.9. The van der Waals surface area contributed by atoms with Gasteiger partial charge in [-0.25, -0.2) is 8.78 Å². The minimum Gasteiger partial charge on any atom is -0.472 e. The van der Waals surface area contributed by atoms with Gasteiger partial charge in [-0.3, -0.25) is 9.59 Å². The zero-order valence-corrected chi connectivity index (χ0v) is 26.8. The van der Waals surface area contributed by atoms with Crippen LogP contribution in [0.5, 0.6) is 0 Å². The lowest BCUT2D eigenvalue weighted by Gasteiger charge is -2.26. The number of nitrogens with two attached hydrogens (primary N) is 1. The topological polar surface area (TPSA) is 121 Å². The van der Waals surface area contributed by atoms with Crippen molar-refractivity contribution >= 4 is 32.1 Å². The molecular weight excluding hydrogens is 557 g/mol. The summed E-state index contributed by atoms with van der Waals surface area (Å²) >= 11 is 1.17. The van der Waals surface area contributed by atoms with Gasteiger partial charge in [0.15, 0.2) is 6.23 Å². The summed E-state index contributed by atoms with van der Waals surface area (Å²) in [6.07, 6.45) is 7.51. The second-order valence-electron chi connectivity index (χ2n) is 8.26. The molecule has 9 nitrogen and oxygen atoms in total. The number of ether oxygens (including phenoxy) is 1. The van der Waals surface area contributed by atoms with E-state index in [-0.39, 0.29) is 10.9 Å². The summed E-state index contributed by atoms with van der Waals surface area (Å²) in [4.78, 5) is 26.5. The van der Waals surface area contributed by atoms with Gasteiger partial charge in [-0.1, -0.05) is 73.3 Å². The number of nitrogens with one attached hydrogen (secondary N) is 4. The van der Waals surface area contributed by atoms with Crippen molar-refractivity contribution in [3.63, 3.8) is 0 Å². The Hall–Kier alpha value is -2.56. The maximum absolute atomic E-state index is 13.2. The van der Waals surface area contributed by atoms with E-state index in [9.17, 15) is 18.4 Å². The Balaban J connectivity index is 0.00000363. The summed E-state index contributed by atoms with van der Waals surface area (Å²) in [6.45, 7) is 13.6. The molecule has 1 fully saturated rings. The summed E-state index contributed by atoms with van der Waals surface area (Å²) in [5, 5.41) is 11.1. The van der Waals surface area contributed by atoms with E-state index in [1.54, 1.807) is 20.0 Å². The highest BCUT2D eigenvalue weighted by Gasteiger charge is 2.31. The average Bonchev–Trinajstić information content (AvgIpc) is 3.60. The predicted molar refractivity (Wildman–Crippen MR) is 165 cm³/mol. The van der Waals surface area contributed by atoms with E-state index >= 15 is 0 Å². The number of amides is 2. The van der Waals surface area contributed by atoms with Crippen LogP contribution in [0.4, 0.5) is 13.6 Å². The van der Waals surface area contributed by atoms with Crippen LogP contribution < -0.4 is 27.0 Å². The standard InChI is InChI=1S/C23H35F2N6O3PS.2C2H6/c1-5-14(2)6-7-16(10-15(3)28-13-23(24,25)35)21-30-18(12-34-21)20(32)29-17(11-27-4)19(26)31-8-9-36-22(31)33;2*1-2/h6-7,10-12,19,21,27-28,30H,5,8-9,13,26,35H2,1-4H3,(H,29,32);2*1-2H3/b14-6+,15-10+,16-7+,17-11+;;. The smallest absolute Gasteiger partial charge is 0.283 e. The molecule has 3 atom stereocenters. The Morgan fingerprint density at radius 2 is 1.98 bits per heavy atom. The molecule has 0 saturated carbocycles. The molecule has 0 aromatic rings. The van der Waals surface area contributed by atoms with Crippen molar-refractivity contribution in [2.24, 2.45) is 5.73 Å². The van der Waals surface area contributed by atoms with Crippen molar-refractivity contribution in [3.8, 4) is 0 Å². The Morgan fingerprint density at radius 1 is 1.32 bits per heavy atom. The van der Waals surface area contributed by atoms with Gasteiger partial charge < -0.3 is 36.6 Å². The molecule has 2 heterocycles. The number of hydrogen-bond acceptors (Lipinski definition) is 8. The Morgan fingerprint density at radius 3 is 2.50 bits per heavy atom. The fourth-order valence-electron chi connectivity index (χ4n) is 3.13. The molecule has 40 heavy (non-hydrogen) atoms. The Kier molecular flexibility index (Phi) is 18.3. The van der Waals surface area contributed by atoms with Crippen molar-refractivity contribution in [3.05, 3.63) is 58.9 Å². The number of carbonyl (C=O) groups excluding carboxylic acids is 2. The first-order valence-electron chi connectivity index (χ1n) is 13.4. The molecule has 0 aromatic heterocycles. The lowest BCUT2D eigenvalue weighted by atomic mass is 10.1. The second kappa shape index (κ2) is 19.5. The quantitative estimate of drug-likeness (QED) is 0.161. The molecule has 228 valence electrons. The van der Waals surface area contributed by atoms with E-state index in [0.29, 0.717) is 29.3 Å². The van der Waals surface area contributed by atoms with Gasteiger partial charge in [0.05, 0.1) is 12.2 Å². The van der Waals surface area contributed by atoms with Gasteiger partial charge in [0, 0.05) is 36.8 Å². The second-order valence-corrected chi connectivity index (χ2v) is 10.2. The van der Waals surface area contributed by atoms with Gasteiger partial charge in [0.1, 0.15) is 18.1 Å². The minimum absolute atomic E-state index is 0.147. The first-order valence-corrected chi connectivity index (χ1v) is 15.0. The minimum atomic E-state index is -2.94. The van der Waals surface area contributed by atoms with E-state index in [2.05, 4.69) is 21.3 Å². The molecule has 2 aliphatic heterocycles. The highest BCUT2D eigenvalue weighted by molar-refractivity contribution is 8.13. The third-order valence-corrected chi connectivity index (χ3v) is 6.34. The summed E-state index contributed by atoms with van der Waals surface area (Å²) in [7, 11) is 3.15. The molecule has 2 aliphatic rings. The van der Waals surface area contributed by atoms with Crippen molar-refractivity contribution in [2.75, 3.05) is 25.9 Å². The third kappa shape index (κ3) is 13.2.